The lowest BCUT2D eigenvalue weighted by Crippen LogP contribution is -2.29. The summed E-state index contributed by atoms with van der Waals surface area (Å²) in [6.07, 6.45) is 5.38. The summed E-state index contributed by atoms with van der Waals surface area (Å²) in [5.74, 6) is 0.886. The first-order valence-corrected chi connectivity index (χ1v) is 11.0. The second kappa shape index (κ2) is 8.92. The van der Waals surface area contributed by atoms with E-state index >= 15 is 0 Å². The van der Waals surface area contributed by atoms with Crippen LogP contribution in [-0.2, 0) is 6.54 Å². The van der Waals surface area contributed by atoms with Crippen LogP contribution in [0.4, 0.5) is 5.69 Å². The van der Waals surface area contributed by atoms with Crippen LogP contribution in [0.3, 0.4) is 0 Å². The van der Waals surface area contributed by atoms with Crippen molar-refractivity contribution in [1.29, 1.82) is 0 Å². The Morgan fingerprint density at radius 2 is 1.73 bits per heavy atom. The number of ketones is 1. The molecule has 0 saturated carbocycles. The molecule has 158 valence electrons. The number of phenolic OH excluding ortho intramolecular Hbond substituents is 1. The molecule has 0 radical (unpaired) electrons. The topological polar surface area (TPSA) is 53.0 Å². The van der Waals surface area contributed by atoms with Crippen molar-refractivity contribution in [1.82, 2.24) is 4.90 Å². The lowest BCUT2D eigenvalue weighted by Gasteiger charge is -2.27. The highest BCUT2D eigenvalue weighted by molar-refractivity contribution is 6.15. The van der Waals surface area contributed by atoms with Gasteiger partial charge in [-0.15, -0.1) is 0 Å². The molecule has 1 N–H and O–H groups in total. The van der Waals surface area contributed by atoms with Gasteiger partial charge in [0.25, 0.3) is 0 Å². The van der Waals surface area contributed by atoms with E-state index in [1.54, 1.807) is 18.2 Å². The first-order valence-electron chi connectivity index (χ1n) is 11.0. The molecule has 5 nitrogen and oxygen atoms in total. The zero-order valence-electron chi connectivity index (χ0n) is 17.9. The minimum Gasteiger partial charge on any atom is -0.507 e. The maximum absolute atomic E-state index is 12.9. The fraction of sp³-hybridized carbons (Fsp3) is 0.400. The average molecular weight is 407 g/mol. The first kappa shape index (κ1) is 20.5. The molecule has 0 spiro atoms. The Morgan fingerprint density at radius 3 is 2.40 bits per heavy atom. The standard InChI is InChI=1S/C25H30N2O3/c1-3-27(4-2)19-10-8-18(9-11-19)16-23-24(29)20-12-13-22(28)21(25(20)30-23)17-26-14-6-5-7-15-26/h8-13,16,28H,3-7,14-15,17H2,1-2H3/b23-16-. The molecule has 2 aromatic carbocycles. The minimum atomic E-state index is -0.127. The highest BCUT2D eigenvalue weighted by Crippen LogP contribution is 2.40. The van der Waals surface area contributed by atoms with Crippen LogP contribution in [0.5, 0.6) is 11.5 Å². The van der Waals surface area contributed by atoms with Gasteiger partial charge >= 0.3 is 0 Å². The van der Waals surface area contributed by atoms with Gasteiger partial charge in [0.1, 0.15) is 11.5 Å². The highest BCUT2D eigenvalue weighted by atomic mass is 16.5. The number of hydrogen-bond donors (Lipinski definition) is 1. The van der Waals surface area contributed by atoms with Crippen LogP contribution in [0.2, 0.25) is 0 Å². The van der Waals surface area contributed by atoms with Crippen molar-refractivity contribution in [3.63, 3.8) is 0 Å². The number of carbonyl (C=O) groups is 1. The van der Waals surface area contributed by atoms with Crippen LogP contribution >= 0.6 is 0 Å². The Hall–Kier alpha value is -2.79. The highest BCUT2D eigenvalue weighted by Gasteiger charge is 2.31. The quantitative estimate of drug-likeness (QED) is 0.696. The van der Waals surface area contributed by atoms with E-state index in [-0.39, 0.29) is 11.5 Å². The molecule has 0 unspecified atom stereocenters. The lowest BCUT2D eigenvalue weighted by molar-refractivity contribution is 0.101. The van der Waals surface area contributed by atoms with E-state index in [1.165, 1.54) is 19.3 Å². The number of aromatic hydroxyl groups is 1. The monoisotopic (exact) mass is 406 g/mol. The second-order valence-corrected chi connectivity index (χ2v) is 7.98. The molecule has 0 bridgehead atoms. The van der Waals surface area contributed by atoms with E-state index in [0.717, 1.165) is 37.4 Å². The summed E-state index contributed by atoms with van der Waals surface area (Å²) >= 11 is 0. The Morgan fingerprint density at radius 1 is 1.03 bits per heavy atom. The molecule has 0 aromatic heterocycles. The average Bonchev–Trinajstić information content (AvgIpc) is 3.08. The van der Waals surface area contributed by atoms with Crippen LogP contribution < -0.4 is 9.64 Å². The van der Waals surface area contributed by atoms with E-state index < -0.39 is 0 Å². The molecule has 0 aliphatic carbocycles. The maximum Gasteiger partial charge on any atom is 0.231 e. The van der Waals surface area contributed by atoms with Crippen molar-refractivity contribution in [3.05, 3.63) is 58.8 Å². The van der Waals surface area contributed by atoms with Crippen molar-refractivity contribution in [3.8, 4) is 11.5 Å². The fourth-order valence-corrected chi connectivity index (χ4v) is 4.31. The van der Waals surface area contributed by atoms with E-state index in [4.69, 9.17) is 4.74 Å². The Bertz CT molecular complexity index is 940. The van der Waals surface area contributed by atoms with Crippen molar-refractivity contribution in [2.75, 3.05) is 31.1 Å². The van der Waals surface area contributed by atoms with E-state index in [1.807, 2.05) is 12.1 Å². The summed E-state index contributed by atoms with van der Waals surface area (Å²) in [5, 5.41) is 10.5. The van der Waals surface area contributed by atoms with E-state index in [9.17, 15) is 9.90 Å². The normalized spacial score (nSPS) is 17.8. The van der Waals surface area contributed by atoms with Gasteiger partial charge < -0.3 is 14.7 Å². The number of nitrogens with zero attached hydrogens (tertiary/aromatic N) is 2. The van der Waals surface area contributed by atoms with Crippen LogP contribution in [0.1, 0.15) is 54.6 Å². The number of anilines is 1. The van der Waals surface area contributed by atoms with Crippen molar-refractivity contribution < 1.29 is 14.6 Å². The first-order chi connectivity index (χ1) is 14.6. The number of phenols is 1. The molecule has 2 aliphatic heterocycles. The summed E-state index contributed by atoms with van der Waals surface area (Å²) < 4.78 is 6.01. The lowest BCUT2D eigenvalue weighted by atomic mass is 10.0. The number of likely N-dealkylation sites (tertiary alicyclic amines) is 1. The number of hydrogen-bond acceptors (Lipinski definition) is 5. The van der Waals surface area contributed by atoms with Gasteiger partial charge in [-0.3, -0.25) is 9.69 Å². The van der Waals surface area contributed by atoms with Crippen LogP contribution in [0, 0.1) is 0 Å². The van der Waals surface area contributed by atoms with Crippen LogP contribution in [-0.4, -0.2) is 42.0 Å². The molecular formula is C25H30N2O3. The molecular weight excluding hydrogens is 376 g/mol. The van der Waals surface area contributed by atoms with E-state index in [2.05, 4.69) is 35.8 Å². The Balaban J connectivity index is 1.58. The van der Waals surface area contributed by atoms with Gasteiger partial charge in [0.15, 0.2) is 5.76 Å². The predicted octanol–water partition coefficient (Wildman–Crippen LogP) is 4.84. The second-order valence-electron chi connectivity index (χ2n) is 7.98. The number of fused-ring (bicyclic) bond motifs is 1. The van der Waals surface area contributed by atoms with Gasteiger partial charge in [-0.2, -0.15) is 0 Å². The molecule has 1 fully saturated rings. The molecule has 30 heavy (non-hydrogen) atoms. The number of ether oxygens (including phenoxy) is 1. The third-order valence-corrected chi connectivity index (χ3v) is 6.07. The largest absolute Gasteiger partial charge is 0.507 e. The Kier molecular flexibility index (Phi) is 6.09. The van der Waals surface area contributed by atoms with Gasteiger partial charge in [0, 0.05) is 25.3 Å². The van der Waals surface area contributed by atoms with Crippen molar-refractivity contribution in [2.45, 2.75) is 39.7 Å². The molecule has 4 rings (SSSR count). The number of Topliss-reactive ketones (excluding diaryl/α,β-unsaturated/α-hetero) is 1. The molecule has 2 heterocycles. The summed E-state index contributed by atoms with van der Waals surface area (Å²) in [4.78, 5) is 17.5. The van der Waals surface area contributed by atoms with Crippen molar-refractivity contribution >= 4 is 17.5 Å². The number of rotatable bonds is 6. The summed E-state index contributed by atoms with van der Waals surface area (Å²) in [6, 6.07) is 11.4. The molecule has 1 saturated heterocycles. The molecule has 0 amide bonds. The summed E-state index contributed by atoms with van der Waals surface area (Å²) in [5.41, 5.74) is 3.33. The van der Waals surface area contributed by atoms with Gasteiger partial charge in [-0.05, 0) is 75.7 Å². The summed E-state index contributed by atoms with van der Waals surface area (Å²) in [7, 11) is 0. The third-order valence-electron chi connectivity index (χ3n) is 6.07. The molecule has 5 heteroatoms. The Labute approximate surface area is 178 Å². The van der Waals surface area contributed by atoms with Gasteiger partial charge in [-0.1, -0.05) is 18.6 Å². The van der Waals surface area contributed by atoms with E-state index in [0.29, 0.717) is 29.2 Å². The molecule has 2 aliphatic rings. The van der Waals surface area contributed by atoms with Crippen molar-refractivity contribution in [2.24, 2.45) is 0 Å². The van der Waals surface area contributed by atoms with Gasteiger partial charge in [0.05, 0.1) is 11.1 Å². The zero-order valence-corrected chi connectivity index (χ0v) is 17.9. The number of carbonyl (C=O) groups excluding carboxylic acids is 1. The predicted molar refractivity (Wildman–Crippen MR) is 120 cm³/mol. The number of piperidine rings is 1. The fourth-order valence-electron chi connectivity index (χ4n) is 4.31. The maximum atomic E-state index is 12.9. The minimum absolute atomic E-state index is 0.127. The van der Waals surface area contributed by atoms with Gasteiger partial charge in [0.2, 0.25) is 5.78 Å². The SMILES string of the molecule is CCN(CC)c1ccc(/C=C2\Oc3c(ccc(O)c3CN3CCCCC3)C2=O)cc1. The van der Waals surface area contributed by atoms with Gasteiger partial charge in [-0.25, -0.2) is 0 Å². The molecule has 2 aromatic rings. The van der Waals surface area contributed by atoms with Crippen LogP contribution in [0.25, 0.3) is 6.08 Å². The number of allylic oxidation sites excluding steroid dienone is 1. The van der Waals surface area contributed by atoms with Crippen LogP contribution in [0.15, 0.2) is 42.2 Å². The molecule has 0 atom stereocenters. The summed E-state index contributed by atoms with van der Waals surface area (Å²) in [6.45, 7) is 8.82. The smallest absolute Gasteiger partial charge is 0.231 e. The number of benzene rings is 2. The zero-order chi connectivity index (χ0) is 21.1. The third kappa shape index (κ3) is 4.08.